The largest absolute Gasteiger partial charge is 0.340 e. The van der Waals surface area contributed by atoms with Crippen LogP contribution in [0.5, 0.6) is 0 Å². The first-order chi connectivity index (χ1) is 6.71. The van der Waals surface area contributed by atoms with Crippen molar-refractivity contribution in [3.63, 3.8) is 0 Å². The van der Waals surface area contributed by atoms with Gasteiger partial charge in [0.1, 0.15) is 5.82 Å². The van der Waals surface area contributed by atoms with Gasteiger partial charge in [0.2, 0.25) is 0 Å². The molecule has 0 aliphatic carbocycles. The average Bonchev–Trinajstić information content (AvgIpc) is 2.00. The molecule has 0 spiro atoms. The molecule has 1 rings (SSSR count). The number of hydrogen-bond acceptors (Lipinski definition) is 3. The van der Waals surface area contributed by atoms with E-state index in [2.05, 4.69) is 0 Å². The van der Waals surface area contributed by atoms with E-state index in [-0.39, 0.29) is 4.90 Å². The standard InChI is InChI=1S/C7H8FO5PS/c8-6-1-3-7(4-2-6)15(12,13)5-14(9,10)11/h1-4H,5H2,(H2,9,10,11). The van der Waals surface area contributed by atoms with E-state index in [1.807, 2.05) is 0 Å². The molecule has 8 heteroatoms. The van der Waals surface area contributed by atoms with Gasteiger partial charge in [-0.05, 0) is 24.3 Å². The Hall–Kier alpha value is -0.750. The predicted molar refractivity (Wildman–Crippen MR) is 50.5 cm³/mol. The van der Waals surface area contributed by atoms with Crippen molar-refractivity contribution >= 4 is 17.4 Å². The summed E-state index contributed by atoms with van der Waals surface area (Å²) in [6, 6.07) is 3.74. The summed E-state index contributed by atoms with van der Waals surface area (Å²) < 4.78 is 45.7. The molecule has 0 heterocycles. The van der Waals surface area contributed by atoms with Gasteiger partial charge in [-0.3, -0.25) is 4.57 Å². The molecule has 0 fully saturated rings. The summed E-state index contributed by atoms with van der Waals surface area (Å²) in [5.41, 5.74) is -1.27. The van der Waals surface area contributed by atoms with Crippen LogP contribution in [-0.2, 0) is 14.4 Å². The van der Waals surface area contributed by atoms with E-state index in [1.54, 1.807) is 0 Å². The highest BCUT2D eigenvalue weighted by atomic mass is 32.2. The van der Waals surface area contributed by atoms with Crippen LogP contribution in [0, 0.1) is 5.82 Å². The van der Waals surface area contributed by atoms with Gasteiger partial charge in [-0.25, -0.2) is 12.8 Å². The van der Waals surface area contributed by atoms with E-state index >= 15 is 0 Å². The molecule has 1 aromatic carbocycles. The van der Waals surface area contributed by atoms with Crippen LogP contribution < -0.4 is 0 Å². The molecule has 0 amide bonds. The molecule has 0 aliphatic rings. The zero-order valence-electron chi connectivity index (χ0n) is 7.37. The Bertz CT molecular complexity index is 489. The van der Waals surface area contributed by atoms with Gasteiger partial charge >= 0.3 is 7.60 Å². The summed E-state index contributed by atoms with van der Waals surface area (Å²) in [5.74, 6) is -0.620. The first-order valence-electron chi connectivity index (χ1n) is 3.74. The van der Waals surface area contributed by atoms with Crippen molar-refractivity contribution in [2.45, 2.75) is 4.90 Å². The van der Waals surface area contributed by atoms with Gasteiger partial charge < -0.3 is 9.79 Å². The second-order valence-electron chi connectivity index (χ2n) is 2.86. The summed E-state index contributed by atoms with van der Waals surface area (Å²) in [6.07, 6.45) is 0. The third-order valence-corrected chi connectivity index (χ3v) is 5.21. The molecule has 0 atom stereocenters. The zero-order valence-corrected chi connectivity index (χ0v) is 9.08. The monoisotopic (exact) mass is 254 g/mol. The normalized spacial score (nSPS) is 12.7. The van der Waals surface area contributed by atoms with Crippen LogP contribution in [0.2, 0.25) is 0 Å². The molecule has 2 N–H and O–H groups in total. The third kappa shape index (κ3) is 3.71. The lowest BCUT2D eigenvalue weighted by molar-refractivity contribution is 0.378. The first kappa shape index (κ1) is 12.3. The molecule has 1 aromatic rings. The summed E-state index contributed by atoms with van der Waals surface area (Å²) in [7, 11) is -8.71. The van der Waals surface area contributed by atoms with E-state index in [4.69, 9.17) is 9.79 Å². The maximum Gasteiger partial charge on any atom is 0.340 e. The maximum atomic E-state index is 12.5. The van der Waals surface area contributed by atoms with E-state index < -0.39 is 28.7 Å². The molecule has 0 saturated carbocycles. The lowest BCUT2D eigenvalue weighted by Gasteiger charge is -2.05. The number of rotatable bonds is 3. The topological polar surface area (TPSA) is 91.7 Å². The molecule has 0 aromatic heterocycles. The minimum Gasteiger partial charge on any atom is -0.324 e. The Morgan fingerprint density at radius 1 is 1.20 bits per heavy atom. The van der Waals surface area contributed by atoms with Crippen molar-refractivity contribution in [2.75, 3.05) is 5.49 Å². The van der Waals surface area contributed by atoms with Gasteiger partial charge in [-0.15, -0.1) is 0 Å². The summed E-state index contributed by atoms with van der Waals surface area (Å²) in [4.78, 5) is 16.7. The van der Waals surface area contributed by atoms with E-state index in [0.29, 0.717) is 0 Å². The summed E-state index contributed by atoms with van der Waals surface area (Å²) in [5, 5.41) is 0. The smallest absolute Gasteiger partial charge is 0.324 e. The van der Waals surface area contributed by atoms with Crippen LogP contribution in [0.3, 0.4) is 0 Å². The van der Waals surface area contributed by atoms with Gasteiger partial charge in [0.15, 0.2) is 15.3 Å². The lowest BCUT2D eigenvalue weighted by Crippen LogP contribution is -2.07. The maximum absolute atomic E-state index is 12.5. The fourth-order valence-corrected chi connectivity index (χ4v) is 3.86. The van der Waals surface area contributed by atoms with E-state index in [9.17, 15) is 17.4 Å². The molecular weight excluding hydrogens is 246 g/mol. The SMILES string of the molecule is O=P(O)(O)CS(=O)(=O)c1ccc(F)cc1. The van der Waals surface area contributed by atoms with Crippen LogP contribution in [0.15, 0.2) is 29.2 Å². The number of hydrogen-bond donors (Lipinski definition) is 2. The molecule has 0 saturated heterocycles. The Morgan fingerprint density at radius 2 is 1.67 bits per heavy atom. The molecule has 0 aliphatic heterocycles. The number of sulfone groups is 1. The molecule has 15 heavy (non-hydrogen) atoms. The average molecular weight is 254 g/mol. The molecule has 5 nitrogen and oxygen atoms in total. The number of halogens is 1. The van der Waals surface area contributed by atoms with Crippen molar-refractivity contribution in [3.8, 4) is 0 Å². The van der Waals surface area contributed by atoms with E-state index in [1.165, 1.54) is 0 Å². The van der Waals surface area contributed by atoms with Gasteiger partial charge in [-0.1, -0.05) is 0 Å². The highest BCUT2D eigenvalue weighted by Gasteiger charge is 2.26. The predicted octanol–water partition coefficient (Wildman–Crippen LogP) is 0.735. The fourth-order valence-electron chi connectivity index (χ4n) is 0.938. The van der Waals surface area contributed by atoms with Crippen molar-refractivity contribution in [3.05, 3.63) is 30.1 Å². The van der Waals surface area contributed by atoms with Gasteiger partial charge in [0.05, 0.1) is 4.90 Å². The van der Waals surface area contributed by atoms with Crippen LogP contribution in [0.1, 0.15) is 0 Å². The minimum absolute atomic E-state index is 0.313. The Balaban J connectivity index is 3.07. The van der Waals surface area contributed by atoms with Crippen LogP contribution in [0.25, 0.3) is 0 Å². The van der Waals surface area contributed by atoms with Crippen LogP contribution >= 0.6 is 7.60 Å². The van der Waals surface area contributed by atoms with Crippen molar-refractivity contribution in [1.82, 2.24) is 0 Å². The fraction of sp³-hybridized carbons (Fsp3) is 0.143. The summed E-state index contributed by atoms with van der Waals surface area (Å²) in [6.45, 7) is 0. The van der Waals surface area contributed by atoms with E-state index in [0.717, 1.165) is 24.3 Å². The zero-order chi connectivity index (χ0) is 11.7. The van der Waals surface area contributed by atoms with Crippen molar-refractivity contribution in [1.29, 1.82) is 0 Å². The van der Waals surface area contributed by atoms with Gasteiger partial charge in [0.25, 0.3) is 0 Å². The van der Waals surface area contributed by atoms with Crippen LogP contribution in [-0.4, -0.2) is 23.7 Å². The Kier molecular flexibility index (Phi) is 3.30. The van der Waals surface area contributed by atoms with Crippen LogP contribution in [0.4, 0.5) is 4.39 Å². The Morgan fingerprint density at radius 3 is 2.07 bits per heavy atom. The Labute approximate surface area is 85.6 Å². The second-order valence-corrected chi connectivity index (χ2v) is 6.93. The number of benzene rings is 1. The summed E-state index contributed by atoms with van der Waals surface area (Å²) >= 11 is 0. The van der Waals surface area contributed by atoms with Crippen molar-refractivity contribution < 1.29 is 27.2 Å². The molecule has 0 radical (unpaired) electrons. The lowest BCUT2D eigenvalue weighted by atomic mass is 10.4. The molecule has 0 unspecified atom stereocenters. The van der Waals surface area contributed by atoms with Gasteiger partial charge in [-0.2, -0.15) is 0 Å². The highest BCUT2D eigenvalue weighted by Crippen LogP contribution is 2.37. The second kappa shape index (κ2) is 4.02. The molecular formula is C7H8FO5PS. The first-order valence-corrected chi connectivity index (χ1v) is 7.19. The third-order valence-electron chi connectivity index (χ3n) is 1.51. The minimum atomic E-state index is -4.65. The molecule has 0 bridgehead atoms. The highest BCUT2D eigenvalue weighted by molar-refractivity contribution is 7.97. The molecule has 84 valence electrons. The van der Waals surface area contributed by atoms with Crippen molar-refractivity contribution in [2.24, 2.45) is 0 Å². The van der Waals surface area contributed by atoms with Gasteiger partial charge in [0, 0.05) is 0 Å². The quantitative estimate of drug-likeness (QED) is 0.613.